The molecule has 0 bridgehead atoms. The number of rotatable bonds is 5. The first kappa shape index (κ1) is 20.2. The maximum absolute atomic E-state index is 12.5. The number of carbonyl (C=O) groups excluding carboxylic acids is 2. The van der Waals surface area contributed by atoms with E-state index in [4.69, 9.17) is 5.73 Å². The summed E-state index contributed by atoms with van der Waals surface area (Å²) in [5, 5.41) is 2.89. The second-order valence-electron chi connectivity index (χ2n) is 6.55. The summed E-state index contributed by atoms with van der Waals surface area (Å²) in [4.78, 5) is 26.3. The van der Waals surface area contributed by atoms with Crippen molar-refractivity contribution in [1.82, 2.24) is 10.2 Å². The van der Waals surface area contributed by atoms with E-state index >= 15 is 0 Å². The van der Waals surface area contributed by atoms with Gasteiger partial charge in [0.15, 0.2) is 0 Å². The van der Waals surface area contributed by atoms with Crippen LogP contribution in [-0.2, 0) is 9.59 Å². The monoisotopic (exact) mass is 319 g/mol. The van der Waals surface area contributed by atoms with Crippen LogP contribution in [0.4, 0.5) is 0 Å². The Kier molecular flexibility index (Phi) is 8.90. The molecule has 124 valence electrons. The average Bonchev–Trinajstić information content (AvgIpc) is 2.35. The van der Waals surface area contributed by atoms with Gasteiger partial charge in [-0.15, -0.1) is 12.4 Å². The van der Waals surface area contributed by atoms with Gasteiger partial charge in [0, 0.05) is 25.6 Å². The number of piperidine rings is 1. The fourth-order valence-electron chi connectivity index (χ4n) is 2.43. The highest BCUT2D eigenvalue weighted by molar-refractivity contribution is 5.88. The van der Waals surface area contributed by atoms with Crippen molar-refractivity contribution >= 4 is 24.2 Å². The minimum Gasteiger partial charge on any atom is -0.344 e. The van der Waals surface area contributed by atoms with Crippen LogP contribution in [0.25, 0.3) is 0 Å². The number of nitrogens with zero attached hydrogens (tertiary/aromatic N) is 1. The highest BCUT2D eigenvalue weighted by Crippen LogP contribution is 2.13. The molecule has 21 heavy (non-hydrogen) atoms. The van der Waals surface area contributed by atoms with E-state index in [0.717, 1.165) is 12.8 Å². The summed E-state index contributed by atoms with van der Waals surface area (Å²) < 4.78 is 0. The van der Waals surface area contributed by atoms with Gasteiger partial charge in [-0.25, -0.2) is 0 Å². The van der Waals surface area contributed by atoms with Gasteiger partial charge < -0.3 is 16.0 Å². The highest BCUT2D eigenvalue weighted by Gasteiger charge is 2.30. The van der Waals surface area contributed by atoms with Crippen LogP contribution in [-0.4, -0.2) is 41.9 Å². The van der Waals surface area contributed by atoms with Crippen LogP contribution in [0.3, 0.4) is 0 Å². The molecule has 0 aliphatic carbocycles. The Morgan fingerprint density at radius 1 is 1.19 bits per heavy atom. The first-order valence-electron chi connectivity index (χ1n) is 7.65. The van der Waals surface area contributed by atoms with Crippen LogP contribution in [0.1, 0.15) is 47.0 Å². The summed E-state index contributed by atoms with van der Waals surface area (Å²) in [6, 6.07) is -0.220. The Morgan fingerprint density at radius 2 is 1.71 bits per heavy atom. The number of likely N-dealkylation sites (tertiary alicyclic amines) is 1. The van der Waals surface area contributed by atoms with Gasteiger partial charge in [0.1, 0.15) is 6.04 Å². The maximum Gasteiger partial charge on any atom is 0.245 e. The zero-order chi connectivity index (χ0) is 15.3. The van der Waals surface area contributed by atoms with Crippen LogP contribution < -0.4 is 11.1 Å². The van der Waals surface area contributed by atoms with Gasteiger partial charge >= 0.3 is 0 Å². The van der Waals surface area contributed by atoms with E-state index in [1.54, 1.807) is 0 Å². The van der Waals surface area contributed by atoms with E-state index < -0.39 is 6.04 Å². The van der Waals surface area contributed by atoms with E-state index in [-0.39, 0.29) is 36.2 Å². The van der Waals surface area contributed by atoms with E-state index in [9.17, 15) is 9.59 Å². The lowest BCUT2D eigenvalue weighted by atomic mass is 9.99. The van der Waals surface area contributed by atoms with Crippen LogP contribution in [0.2, 0.25) is 0 Å². The van der Waals surface area contributed by atoms with Crippen molar-refractivity contribution in [3.8, 4) is 0 Å². The Morgan fingerprint density at radius 3 is 2.14 bits per heavy atom. The molecule has 2 amide bonds. The molecule has 5 nitrogen and oxygen atoms in total. The van der Waals surface area contributed by atoms with Crippen molar-refractivity contribution in [2.45, 2.75) is 59.0 Å². The first-order valence-corrected chi connectivity index (χ1v) is 7.65. The Labute approximate surface area is 134 Å². The largest absolute Gasteiger partial charge is 0.344 e. The van der Waals surface area contributed by atoms with Gasteiger partial charge in [0.2, 0.25) is 11.8 Å². The Balaban J connectivity index is 0.00000400. The smallest absolute Gasteiger partial charge is 0.245 e. The highest BCUT2D eigenvalue weighted by atomic mass is 35.5. The van der Waals surface area contributed by atoms with E-state index in [0.29, 0.717) is 25.4 Å². The summed E-state index contributed by atoms with van der Waals surface area (Å²) in [5.74, 6) is 0.380. The molecule has 0 saturated carbocycles. The van der Waals surface area contributed by atoms with Gasteiger partial charge in [-0.2, -0.15) is 0 Å². The molecule has 1 rings (SSSR count). The molecule has 1 fully saturated rings. The van der Waals surface area contributed by atoms with Gasteiger partial charge in [-0.1, -0.05) is 27.7 Å². The topological polar surface area (TPSA) is 75.4 Å². The summed E-state index contributed by atoms with van der Waals surface area (Å²) >= 11 is 0. The molecule has 3 N–H and O–H groups in total. The Bertz CT molecular complexity index is 340. The molecular weight excluding hydrogens is 290 g/mol. The summed E-state index contributed by atoms with van der Waals surface area (Å²) in [6.45, 7) is 9.32. The summed E-state index contributed by atoms with van der Waals surface area (Å²) in [5.41, 5.74) is 5.86. The molecule has 0 spiro atoms. The third-order valence-corrected chi connectivity index (χ3v) is 3.69. The van der Waals surface area contributed by atoms with Crippen molar-refractivity contribution in [3.63, 3.8) is 0 Å². The van der Waals surface area contributed by atoms with Gasteiger partial charge in [0.25, 0.3) is 0 Å². The zero-order valence-corrected chi connectivity index (χ0v) is 14.4. The molecule has 1 aliphatic rings. The van der Waals surface area contributed by atoms with Crippen molar-refractivity contribution in [1.29, 1.82) is 0 Å². The van der Waals surface area contributed by atoms with Crippen LogP contribution in [0.15, 0.2) is 0 Å². The fourth-order valence-corrected chi connectivity index (χ4v) is 2.43. The number of halogens is 1. The summed E-state index contributed by atoms with van der Waals surface area (Å²) in [7, 11) is 0. The fraction of sp³-hybridized carbons (Fsp3) is 0.867. The van der Waals surface area contributed by atoms with Crippen molar-refractivity contribution in [2.24, 2.45) is 17.6 Å². The first-order chi connectivity index (χ1) is 9.31. The minimum atomic E-state index is -0.421. The number of nitrogens with one attached hydrogen (secondary N) is 1. The predicted octanol–water partition coefficient (Wildman–Crippen LogP) is 1.54. The van der Waals surface area contributed by atoms with E-state index in [2.05, 4.69) is 5.32 Å². The second-order valence-corrected chi connectivity index (χ2v) is 6.55. The average molecular weight is 320 g/mol. The zero-order valence-electron chi connectivity index (χ0n) is 13.6. The molecule has 1 unspecified atom stereocenters. The molecule has 1 saturated heterocycles. The second kappa shape index (κ2) is 9.26. The molecule has 1 atom stereocenters. The molecule has 0 radical (unpaired) electrons. The lowest BCUT2D eigenvalue weighted by molar-refractivity contribution is -0.138. The van der Waals surface area contributed by atoms with Crippen LogP contribution in [0.5, 0.6) is 0 Å². The number of hydrogen-bond donors (Lipinski definition) is 2. The molecule has 0 aromatic carbocycles. The number of hydrogen-bond acceptors (Lipinski definition) is 3. The lowest BCUT2D eigenvalue weighted by Gasteiger charge is -2.34. The quantitative estimate of drug-likeness (QED) is 0.807. The molecule has 1 heterocycles. The van der Waals surface area contributed by atoms with Gasteiger partial charge in [0.05, 0.1) is 0 Å². The molecule has 0 aromatic heterocycles. The predicted molar refractivity (Wildman–Crippen MR) is 87.3 cm³/mol. The number of carbonyl (C=O) groups is 2. The molecule has 6 heteroatoms. The van der Waals surface area contributed by atoms with Crippen LogP contribution in [0, 0.1) is 11.8 Å². The van der Waals surface area contributed by atoms with Gasteiger partial charge in [-0.3, -0.25) is 9.59 Å². The van der Waals surface area contributed by atoms with Crippen molar-refractivity contribution < 1.29 is 9.59 Å². The van der Waals surface area contributed by atoms with Gasteiger partial charge in [-0.05, 0) is 24.7 Å². The van der Waals surface area contributed by atoms with Crippen molar-refractivity contribution in [2.75, 3.05) is 13.1 Å². The third kappa shape index (κ3) is 6.66. The molecule has 0 aromatic rings. The Hall–Kier alpha value is -0.810. The SMILES string of the molecule is CC(C)CC(=O)NC(C(=O)N1CCC(N)CC1)C(C)C.Cl. The standard InChI is InChI=1S/C15H29N3O2.ClH/c1-10(2)9-13(19)17-14(11(3)4)15(20)18-7-5-12(16)6-8-18;/h10-12,14H,5-9,16H2,1-4H3,(H,17,19);1H. The normalized spacial score (nSPS) is 17.6. The maximum atomic E-state index is 12.5. The van der Waals surface area contributed by atoms with Crippen LogP contribution >= 0.6 is 12.4 Å². The number of nitrogens with two attached hydrogens (primary N) is 1. The van der Waals surface area contributed by atoms with E-state index in [1.807, 2.05) is 32.6 Å². The minimum absolute atomic E-state index is 0. The molecular formula is C15H30ClN3O2. The summed E-state index contributed by atoms with van der Waals surface area (Å²) in [6.07, 6.45) is 2.15. The number of amides is 2. The lowest BCUT2D eigenvalue weighted by Crippen LogP contribution is -2.54. The molecule has 1 aliphatic heterocycles. The van der Waals surface area contributed by atoms with Crippen molar-refractivity contribution in [3.05, 3.63) is 0 Å². The van der Waals surface area contributed by atoms with E-state index in [1.165, 1.54) is 0 Å². The third-order valence-electron chi connectivity index (χ3n) is 3.69.